The predicted octanol–water partition coefficient (Wildman–Crippen LogP) is 2.10. The number of carbonyl (C=O) groups excluding carboxylic acids is 1. The van der Waals surface area contributed by atoms with Crippen LogP contribution in [0, 0.1) is 6.07 Å². The Kier molecular flexibility index (Phi) is 4.13. The standard InChI is InChI=1S/C16H10ClN2O4S/c17-12-9-13-11(6-7-15(20)18-13)8-14(12)24(22,23)19-16(21)10-4-2-1-3-5-10/h1-6,8-9H,(H,18,20)(H,19,21). The van der Waals surface area contributed by atoms with Crippen molar-refractivity contribution in [2.45, 2.75) is 4.90 Å². The van der Waals surface area contributed by atoms with Gasteiger partial charge >= 0.3 is 0 Å². The van der Waals surface area contributed by atoms with Crippen LogP contribution in [0.4, 0.5) is 0 Å². The van der Waals surface area contributed by atoms with Crippen LogP contribution in [0.1, 0.15) is 10.4 Å². The highest BCUT2D eigenvalue weighted by Crippen LogP contribution is 2.26. The van der Waals surface area contributed by atoms with Crippen molar-refractivity contribution in [1.82, 2.24) is 9.71 Å². The number of benzene rings is 2. The number of hydrogen-bond acceptors (Lipinski definition) is 4. The van der Waals surface area contributed by atoms with E-state index in [2.05, 4.69) is 11.1 Å². The molecule has 2 aromatic carbocycles. The van der Waals surface area contributed by atoms with Crippen molar-refractivity contribution in [1.29, 1.82) is 0 Å². The number of pyridine rings is 1. The van der Waals surface area contributed by atoms with Crippen LogP contribution in [0.5, 0.6) is 0 Å². The largest absolute Gasteiger partial charge is 0.321 e. The van der Waals surface area contributed by atoms with Crippen LogP contribution in [-0.4, -0.2) is 19.3 Å². The zero-order valence-electron chi connectivity index (χ0n) is 12.0. The van der Waals surface area contributed by atoms with Gasteiger partial charge in [0.15, 0.2) is 0 Å². The molecule has 1 amide bonds. The summed E-state index contributed by atoms with van der Waals surface area (Å²) in [5, 5.41) is 0.309. The van der Waals surface area contributed by atoms with Crippen LogP contribution >= 0.6 is 11.6 Å². The molecule has 121 valence electrons. The van der Waals surface area contributed by atoms with Crippen LogP contribution in [0.3, 0.4) is 0 Å². The number of amides is 1. The molecule has 0 aliphatic rings. The number of aromatic nitrogens is 1. The Labute approximate surface area is 142 Å². The Hall–Kier alpha value is -2.64. The second kappa shape index (κ2) is 6.10. The zero-order valence-corrected chi connectivity index (χ0v) is 13.6. The van der Waals surface area contributed by atoms with Crippen molar-refractivity contribution < 1.29 is 13.2 Å². The van der Waals surface area contributed by atoms with E-state index in [1.165, 1.54) is 30.3 Å². The lowest BCUT2D eigenvalue weighted by molar-refractivity contribution is 0.0981. The van der Waals surface area contributed by atoms with Crippen molar-refractivity contribution in [3.63, 3.8) is 0 Å². The number of aromatic amines is 1. The molecular formula is C16H10ClN2O4S. The van der Waals surface area contributed by atoms with Crippen LogP contribution in [0.25, 0.3) is 10.9 Å². The summed E-state index contributed by atoms with van der Waals surface area (Å²) >= 11 is 6.01. The molecule has 0 aliphatic carbocycles. The summed E-state index contributed by atoms with van der Waals surface area (Å²) in [6.07, 6.45) is 0. The molecule has 24 heavy (non-hydrogen) atoms. The van der Waals surface area contributed by atoms with E-state index in [4.69, 9.17) is 11.6 Å². The number of sulfonamides is 1. The Balaban J connectivity index is 2.02. The molecule has 8 heteroatoms. The van der Waals surface area contributed by atoms with Gasteiger partial charge in [0.2, 0.25) is 0 Å². The summed E-state index contributed by atoms with van der Waals surface area (Å²) in [4.78, 5) is 25.6. The third-order valence-corrected chi connectivity index (χ3v) is 5.06. The van der Waals surface area contributed by atoms with Gasteiger partial charge in [0, 0.05) is 16.5 Å². The number of nitrogens with one attached hydrogen (secondary N) is 2. The Morgan fingerprint density at radius 2 is 1.88 bits per heavy atom. The zero-order chi connectivity index (χ0) is 17.3. The van der Waals surface area contributed by atoms with E-state index < -0.39 is 21.5 Å². The summed E-state index contributed by atoms with van der Waals surface area (Å²) in [5.41, 5.74) is 0.124. The number of H-pyrrole nitrogens is 1. The minimum absolute atomic E-state index is 0.113. The lowest BCUT2D eigenvalue weighted by atomic mass is 10.2. The Morgan fingerprint density at radius 3 is 2.58 bits per heavy atom. The highest BCUT2D eigenvalue weighted by molar-refractivity contribution is 7.90. The fourth-order valence-corrected chi connectivity index (χ4v) is 3.67. The average molecular weight is 362 g/mol. The minimum atomic E-state index is -4.18. The molecule has 1 radical (unpaired) electrons. The molecule has 0 bridgehead atoms. The van der Waals surface area contributed by atoms with Gasteiger partial charge in [-0.25, -0.2) is 13.1 Å². The number of fused-ring (bicyclic) bond motifs is 1. The van der Waals surface area contributed by atoms with E-state index in [0.717, 1.165) is 0 Å². The maximum Gasteiger partial charge on any atom is 0.265 e. The molecule has 0 spiro atoms. The van der Waals surface area contributed by atoms with E-state index in [9.17, 15) is 18.0 Å². The third-order valence-electron chi connectivity index (χ3n) is 3.26. The van der Waals surface area contributed by atoms with E-state index in [0.29, 0.717) is 10.9 Å². The molecule has 0 fully saturated rings. The highest BCUT2D eigenvalue weighted by Gasteiger charge is 2.22. The third kappa shape index (κ3) is 3.17. The molecule has 0 saturated heterocycles. The topological polar surface area (TPSA) is 96.1 Å². The van der Waals surface area contributed by atoms with E-state index in [-0.39, 0.29) is 15.5 Å². The highest BCUT2D eigenvalue weighted by atomic mass is 35.5. The van der Waals surface area contributed by atoms with Crippen LogP contribution < -0.4 is 10.3 Å². The van der Waals surface area contributed by atoms with Crippen LogP contribution in [-0.2, 0) is 10.0 Å². The first-order valence-corrected chi connectivity index (χ1v) is 8.59. The van der Waals surface area contributed by atoms with Gasteiger partial charge < -0.3 is 4.98 Å². The molecule has 0 atom stereocenters. The van der Waals surface area contributed by atoms with Crippen molar-refractivity contribution in [2.75, 3.05) is 0 Å². The van der Waals surface area contributed by atoms with Crippen LogP contribution in [0.15, 0.2) is 58.2 Å². The summed E-state index contributed by atoms with van der Waals surface area (Å²) in [6, 6.07) is 14.3. The molecule has 0 saturated carbocycles. The SMILES string of the molecule is O=C(NS(=O)(=O)c1cc2c[c]c(=O)[nH]c2cc1Cl)c1ccccc1. The van der Waals surface area contributed by atoms with Gasteiger partial charge in [0.25, 0.3) is 21.5 Å². The lowest BCUT2D eigenvalue weighted by Crippen LogP contribution is -2.30. The van der Waals surface area contributed by atoms with Crippen molar-refractivity contribution >= 4 is 38.4 Å². The molecule has 6 nitrogen and oxygen atoms in total. The molecule has 1 heterocycles. The first-order chi connectivity index (χ1) is 11.4. The Bertz CT molecular complexity index is 1090. The van der Waals surface area contributed by atoms with Gasteiger partial charge in [-0.05, 0) is 30.3 Å². The quantitative estimate of drug-likeness (QED) is 0.746. The van der Waals surface area contributed by atoms with Gasteiger partial charge in [0.1, 0.15) is 4.90 Å². The van der Waals surface area contributed by atoms with Gasteiger partial charge in [-0.15, -0.1) is 0 Å². The smallest absolute Gasteiger partial charge is 0.265 e. The van der Waals surface area contributed by atoms with Gasteiger partial charge in [-0.2, -0.15) is 0 Å². The fraction of sp³-hybridized carbons (Fsp3) is 0. The summed E-state index contributed by atoms with van der Waals surface area (Å²) in [5.74, 6) is -0.764. The van der Waals surface area contributed by atoms with E-state index in [1.807, 2.05) is 4.72 Å². The van der Waals surface area contributed by atoms with Gasteiger partial charge in [-0.1, -0.05) is 29.8 Å². The lowest BCUT2D eigenvalue weighted by Gasteiger charge is -2.09. The van der Waals surface area contributed by atoms with E-state index in [1.54, 1.807) is 18.2 Å². The molecular weight excluding hydrogens is 352 g/mol. The first kappa shape index (κ1) is 16.2. The van der Waals surface area contributed by atoms with Gasteiger partial charge in [0.05, 0.1) is 11.1 Å². The molecule has 1 aromatic heterocycles. The predicted molar refractivity (Wildman–Crippen MR) is 89.5 cm³/mol. The monoisotopic (exact) mass is 361 g/mol. The number of rotatable bonds is 3. The maximum atomic E-state index is 12.4. The number of hydrogen-bond donors (Lipinski definition) is 2. The average Bonchev–Trinajstić information content (AvgIpc) is 2.54. The minimum Gasteiger partial charge on any atom is -0.321 e. The fourth-order valence-electron chi connectivity index (χ4n) is 2.13. The second-order valence-electron chi connectivity index (χ2n) is 4.91. The molecule has 3 rings (SSSR count). The van der Waals surface area contributed by atoms with Crippen molar-refractivity contribution in [3.8, 4) is 0 Å². The molecule has 0 unspecified atom stereocenters. The van der Waals surface area contributed by atoms with Gasteiger partial charge in [-0.3, -0.25) is 9.59 Å². The van der Waals surface area contributed by atoms with E-state index >= 15 is 0 Å². The number of carbonyl (C=O) groups is 1. The second-order valence-corrected chi connectivity index (χ2v) is 6.97. The molecule has 2 N–H and O–H groups in total. The van der Waals surface area contributed by atoms with Crippen molar-refractivity contribution in [2.24, 2.45) is 0 Å². The molecule has 0 aliphatic heterocycles. The maximum absolute atomic E-state index is 12.4. The summed E-state index contributed by atoms with van der Waals surface area (Å²) < 4.78 is 26.9. The van der Waals surface area contributed by atoms with Crippen LogP contribution in [0.2, 0.25) is 5.02 Å². The summed E-state index contributed by atoms with van der Waals surface area (Å²) in [6.45, 7) is 0. The Morgan fingerprint density at radius 1 is 1.17 bits per heavy atom. The summed E-state index contributed by atoms with van der Waals surface area (Å²) in [7, 11) is -4.18. The molecule has 3 aromatic rings. The first-order valence-electron chi connectivity index (χ1n) is 6.73. The van der Waals surface area contributed by atoms with Crippen molar-refractivity contribution in [3.05, 3.63) is 75.5 Å². The normalized spacial score (nSPS) is 11.4. The number of halogens is 1.